The molecule has 0 radical (unpaired) electrons. The topological polar surface area (TPSA) is 75.1 Å². The highest BCUT2D eigenvalue weighted by Gasteiger charge is 2.20. The van der Waals surface area contributed by atoms with Crippen molar-refractivity contribution in [2.45, 2.75) is 33.2 Å². The van der Waals surface area contributed by atoms with Crippen molar-refractivity contribution < 1.29 is 9.90 Å². The Balaban J connectivity index is 2.05. The summed E-state index contributed by atoms with van der Waals surface area (Å²) >= 11 is 0. The Morgan fingerprint density at radius 3 is 2.30 bits per heavy atom. The standard InChI is InChI=1S/C18H23N3O2/c1-18(2,3)9-15(12-22)21-17(23)14-10-19-16(20-11-14)13-7-5-4-6-8-13/h4-8,10-11,15,22H,9,12H2,1-3H3,(H,21,23)/t15-/m1/s1. The van der Waals surface area contributed by atoms with Gasteiger partial charge in [0.1, 0.15) is 0 Å². The van der Waals surface area contributed by atoms with E-state index < -0.39 is 0 Å². The van der Waals surface area contributed by atoms with Crippen molar-refractivity contribution in [3.05, 3.63) is 48.3 Å². The summed E-state index contributed by atoms with van der Waals surface area (Å²) in [7, 11) is 0. The van der Waals surface area contributed by atoms with E-state index in [0.29, 0.717) is 17.8 Å². The van der Waals surface area contributed by atoms with E-state index in [4.69, 9.17) is 0 Å². The van der Waals surface area contributed by atoms with Crippen LogP contribution in [0.2, 0.25) is 0 Å². The van der Waals surface area contributed by atoms with Gasteiger partial charge in [0.15, 0.2) is 5.82 Å². The van der Waals surface area contributed by atoms with Gasteiger partial charge in [0, 0.05) is 18.0 Å². The van der Waals surface area contributed by atoms with Gasteiger partial charge in [-0.05, 0) is 11.8 Å². The molecule has 1 aromatic carbocycles. The van der Waals surface area contributed by atoms with Gasteiger partial charge in [-0.25, -0.2) is 9.97 Å². The summed E-state index contributed by atoms with van der Waals surface area (Å²) in [6.07, 6.45) is 3.71. The second kappa shape index (κ2) is 7.33. The molecule has 0 bridgehead atoms. The minimum absolute atomic E-state index is 0.0222. The normalized spacial score (nSPS) is 12.7. The van der Waals surface area contributed by atoms with Crippen LogP contribution in [0.25, 0.3) is 11.4 Å². The van der Waals surface area contributed by atoms with Crippen molar-refractivity contribution in [2.24, 2.45) is 5.41 Å². The molecule has 5 nitrogen and oxygen atoms in total. The number of nitrogens with zero attached hydrogens (tertiary/aromatic N) is 2. The number of carbonyl (C=O) groups excluding carboxylic acids is 1. The van der Waals surface area contributed by atoms with Crippen molar-refractivity contribution in [1.82, 2.24) is 15.3 Å². The molecule has 0 fully saturated rings. The summed E-state index contributed by atoms with van der Waals surface area (Å²) in [4.78, 5) is 20.7. The first-order chi connectivity index (χ1) is 10.9. The van der Waals surface area contributed by atoms with Crippen molar-refractivity contribution in [3.8, 4) is 11.4 Å². The zero-order valence-corrected chi connectivity index (χ0v) is 13.8. The molecule has 5 heteroatoms. The second-order valence-electron chi connectivity index (χ2n) is 6.78. The molecule has 0 aliphatic heterocycles. The molecule has 0 aliphatic carbocycles. The maximum absolute atomic E-state index is 12.2. The molecule has 0 saturated carbocycles. The average molecular weight is 313 g/mol. The lowest BCUT2D eigenvalue weighted by Crippen LogP contribution is -2.40. The quantitative estimate of drug-likeness (QED) is 0.890. The van der Waals surface area contributed by atoms with Crippen LogP contribution in [0.3, 0.4) is 0 Å². The van der Waals surface area contributed by atoms with Gasteiger partial charge in [-0.3, -0.25) is 4.79 Å². The van der Waals surface area contributed by atoms with Gasteiger partial charge in [0.25, 0.3) is 5.91 Å². The Morgan fingerprint density at radius 1 is 1.17 bits per heavy atom. The Bertz CT molecular complexity index is 634. The fourth-order valence-corrected chi connectivity index (χ4v) is 2.35. The first-order valence-corrected chi connectivity index (χ1v) is 7.68. The summed E-state index contributed by atoms with van der Waals surface area (Å²) in [5.74, 6) is 0.309. The number of rotatable bonds is 5. The van der Waals surface area contributed by atoms with Gasteiger partial charge in [-0.2, -0.15) is 0 Å². The number of benzene rings is 1. The van der Waals surface area contributed by atoms with Crippen LogP contribution >= 0.6 is 0 Å². The molecule has 0 saturated heterocycles. The summed E-state index contributed by atoms with van der Waals surface area (Å²) in [5.41, 5.74) is 1.31. The minimum Gasteiger partial charge on any atom is -0.394 e. The van der Waals surface area contributed by atoms with E-state index in [2.05, 4.69) is 36.1 Å². The molecule has 0 spiro atoms. The molecule has 0 unspecified atom stereocenters. The van der Waals surface area contributed by atoms with Gasteiger partial charge >= 0.3 is 0 Å². The van der Waals surface area contributed by atoms with E-state index >= 15 is 0 Å². The monoisotopic (exact) mass is 313 g/mol. The zero-order chi connectivity index (χ0) is 16.9. The van der Waals surface area contributed by atoms with Crippen molar-refractivity contribution in [1.29, 1.82) is 0 Å². The van der Waals surface area contributed by atoms with Crippen LogP contribution in [0.5, 0.6) is 0 Å². The first kappa shape index (κ1) is 17.1. The molecule has 2 N–H and O–H groups in total. The molecular formula is C18H23N3O2. The van der Waals surface area contributed by atoms with Crippen LogP contribution < -0.4 is 5.32 Å². The summed E-state index contributed by atoms with van der Waals surface area (Å²) in [6.45, 7) is 6.12. The molecular weight excluding hydrogens is 290 g/mol. The van der Waals surface area contributed by atoms with Crippen LogP contribution in [0, 0.1) is 5.41 Å². The third-order valence-electron chi connectivity index (χ3n) is 3.36. The predicted molar refractivity (Wildman–Crippen MR) is 89.9 cm³/mol. The maximum Gasteiger partial charge on any atom is 0.254 e. The lowest BCUT2D eigenvalue weighted by Gasteiger charge is -2.25. The number of carbonyl (C=O) groups is 1. The van der Waals surface area contributed by atoms with Gasteiger partial charge in [0.2, 0.25) is 0 Å². The van der Waals surface area contributed by atoms with Crippen molar-refractivity contribution in [2.75, 3.05) is 6.61 Å². The van der Waals surface area contributed by atoms with Gasteiger partial charge in [0.05, 0.1) is 18.2 Å². The Kier molecular flexibility index (Phi) is 5.45. The molecule has 2 rings (SSSR count). The van der Waals surface area contributed by atoms with E-state index in [1.165, 1.54) is 12.4 Å². The molecule has 1 heterocycles. The zero-order valence-electron chi connectivity index (χ0n) is 13.8. The first-order valence-electron chi connectivity index (χ1n) is 7.68. The van der Waals surface area contributed by atoms with Crippen LogP contribution in [0.4, 0.5) is 0 Å². The number of nitrogens with one attached hydrogen (secondary N) is 1. The maximum atomic E-state index is 12.2. The number of aliphatic hydroxyl groups excluding tert-OH is 1. The Morgan fingerprint density at radius 2 is 1.78 bits per heavy atom. The SMILES string of the molecule is CC(C)(C)C[C@H](CO)NC(=O)c1cnc(-c2ccccc2)nc1. The van der Waals surface area contributed by atoms with E-state index in [1.807, 2.05) is 30.3 Å². The largest absolute Gasteiger partial charge is 0.394 e. The molecule has 0 aliphatic rings. The highest BCUT2D eigenvalue weighted by molar-refractivity contribution is 5.93. The van der Waals surface area contributed by atoms with E-state index in [-0.39, 0.29) is 24.0 Å². The van der Waals surface area contributed by atoms with Crippen molar-refractivity contribution in [3.63, 3.8) is 0 Å². The van der Waals surface area contributed by atoms with E-state index in [1.54, 1.807) is 0 Å². The number of hydrogen-bond acceptors (Lipinski definition) is 4. The molecule has 1 amide bonds. The highest BCUT2D eigenvalue weighted by Crippen LogP contribution is 2.21. The van der Waals surface area contributed by atoms with Crippen LogP contribution in [0.15, 0.2) is 42.7 Å². The lowest BCUT2D eigenvalue weighted by atomic mass is 9.88. The highest BCUT2D eigenvalue weighted by atomic mass is 16.3. The second-order valence-corrected chi connectivity index (χ2v) is 6.78. The van der Waals surface area contributed by atoms with Crippen LogP contribution in [-0.2, 0) is 0 Å². The smallest absolute Gasteiger partial charge is 0.254 e. The number of amides is 1. The summed E-state index contributed by atoms with van der Waals surface area (Å²) in [5, 5.41) is 12.3. The van der Waals surface area contributed by atoms with Crippen LogP contribution in [-0.4, -0.2) is 33.6 Å². The van der Waals surface area contributed by atoms with E-state index in [9.17, 15) is 9.90 Å². The van der Waals surface area contributed by atoms with Crippen molar-refractivity contribution >= 4 is 5.91 Å². The number of hydrogen-bond donors (Lipinski definition) is 2. The van der Waals surface area contributed by atoms with Gasteiger partial charge in [-0.1, -0.05) is 51.1 Å². The molecule has 1 atom stereocenters. The average Bonchev–Trinajstić information content (AvgIpc) is 2.54. The Hall–Kier alpha value is -2.27. The van der Waals surface area contributed by atoms with Crippen LogP contribution in [0.1, 0.15) is 37.6 Å². The molecule has 122 valence electrons. The molecule has 1 aromatic heterocycles. The van der Waals surface area contributed by atoms with Gasteiger partial charge in [-0.15, -0.1) is 0 Å². The third-order valence-corrected chi connectivity index (χ3v) is 3.36. The van der Waals surface area contributed by atoms with E-state index in [0.717, 1.165) is 5.56 Å². The summed E-state index contributed by atoms with van der Waals surface area (Å²) < 4.78 is 0. The fraction of sp³-hybridized carbons (Fsp3) is 0.389. The van der Waals surface area contributed by atoms with Gasteiger partial charge < -0.3 is 10.4 Å². The lowest BCUT2D eigenvalue weighted by molar-refractivity contribution is 0.0897. The number of aromatic nitrogens is 2. The molecule has 23 heavy (non-hydrogen) atoms. The third kappa shape index (κ3) is 5.14. The number of aliphatic hydroxyl groups is 1. The summed E-state index contributed by atoms with van der Waals surface area (Å²) in [6, 6.07) is 9.31. The minimum atomic E-state index is -0.281. The predicted octanol–water partition coefficient (Wildman–Crippen LogP) is 2.67. The fourth-order valence-electron chi connectivity index (χ4n) is 2.35. The Labute approximate surface area is 136 Å². The molecule has 2 aromatic rings.